The van der Waals surface area contributed by atoms with E-state index >= 15 is 0 Å². The molecule has 0 heterocycles. The number of hydrogen-bond donors (Lipinski definition) is 1. The van der Waals surface area contributed by atoms with E-state index in [9.17, 15) is 17.6 Å². The summed E-state index contributed by atoms with van der Waals surface area (Å²) in [5.74, 6) is -0.900. The van der Waals surface area contributed by atoms with Gasteiger partial charge < -0.3 is 5.32 Å². The molecule has 2 aromatic rings. The molecule has 0 saturated carbocycles. The average Bonchev–Trinajstić information content (AvgIpc) is 2.49. The highest BCUT2D eigenvalue weighted by atomic mass is 32.2. The summed E-state index contributed by atoms with van der Waals surface area (Å²) >= 11 is 0. The van der Waals surface area contributed by atoms with Crippen LogP contribution in [0.5, 0.6) is 0 Å². The third-order valence-corrected chi connectivity index (χ3v) is 4.31. The van der Waals surface area contributed by atoms with Crippen LogP contribution in [0, 0.1) is 5.82 Å². The van der Waals surface area contributed by atoms with Crippen molar-refractivity contribution in [2.75, 3.05) is 18.1 Å². The summed E-state index contributed by atoms with van der Waals surface area (Å²) in [4.78, 5) is 12.0. The molecule has 0 saturated heterocycles. The van der Waals surface area contributed by atoms with Crippen LogP contribution in [0.25, 0.3) is 0 Å². The van der Waals surface area contributed by atoms with Gasteiger partial charge in [0.1, 0.15) is 5.82 Å². The van der Waals surface area contributed by atoms with E-state index in [1.54, 1.807) is 24.3 Å². The van der Waals surface area contributed by atoms with Gasteiger partial charge in [0.2, 0.25) is 15.9 Å². The first-order chi connectivity index (χ1) is 10.8. The zero-order chi connectivity index (χ0) is 16.9. The zero-order valence-corrected chi connectivity index (χ0v) is 13.4. The Hall–Kier alpha value is -2.25. The molecule has 7 heteroatoms. The number of rotatable bonds is 6. The summed E-state index contributed by atoms with van der Waals surface area (Å²) in [5.41, 5.74) is 1.19. The zero-order valence-electron chi connectivity index (χ0n) is 12.6. The quantitative estimate of drug-likeness (QED) is 0.880. The van der Waals surface area contributed by atoms with E-state index in [1.807, 2.05) is 6.07 Å². The Morgan fingerprint density at radius 3 is 2.26 bits per heavy atom. The van der Waals surface area contributed by atoms with Gasteiger partial charge in [0.25, 0.3) is 0 Å². The van der Waals surface area contributed by atoms with Crippen LogP contribution in [0.3, 0.4) is 0 Å². The van der Waals surface area contributed by atoms with Gasteiger partial charge in [-0.15, -0.1) is 0 Å². The topological polar surface area (TPSA) is 66.5 Å². The van der Waals surface area contributed by atoms with E-state index in [4.69, 9.17) is 0 Å². The first-order valence-corrected chi connectivity index (χ1v) is 8.74. The van der Waals surface area contributed by atoms with Crippen molar-refractivity contribution in [1.82, 2.24) is 4.31 Å². The molecule has 0 unspecified atom stereocenters. The monoisotopic (exact) mass is 336 g/mol. The van der Waals surface area contributed by atoms with Crippen molar-refractivity contribution in [3.8, 4) is 0 Å². The molecule has 0 radical (unpaired) electrons. The van der Waals surface area contributed by atoms with E-state index in [1.165, 1.54) is 24.3 Å². The van der Waals surface area contributed by atoms with Gasteiger partial charge in [-0.2, -0.15) is 4.31 Å². The molecule has 0 aromatic heterocycles. The van der Waals surface area contributed by atoms with Crippen LogP contribution in [0.15, 0.2) is 54.6 Å². The molecule has 2 rings (SSSR count). The molecule has 0 bridgehead atoms. The lowest BCUT2D eigenvalue weighted by molar-refractivity contribution is -0.116. The fourth-order valence-electron chi connectivity index (χ4n) is 1.97. The van der Waals surface area contributed by atoms with E-state index in [0.29, 0.717) is 5.69 Å². The highest BCUT2D eigenvalue weighted by molar-refractivity contribution is 7.88. The number of nitrogens with zero attached hydrogens (tertiary/aromatic N) is 1. The molecule has 122 valence electrons. The summed E-state index contributed by atoms with van der Waals surface area (Å²) in [6.45, 7) is -0.207. The molecular formula is C16H17FN2O3S. The number of carbonyl (C=O) groups excluding carboxylic acids is 1. The predicted molar refractivity (Wildman–Crippen MR) is 86.7 cm³/mol. The number of sulfonamides is 1. The van der Waals surface area contributed by atoms with Crippen LogP contribution in [0.1, 0.15) is 5.56 Å². The summed E-state index contributed by atoms with van der Waals surface area (Å²) < 4.78 is 37.6. The maximum absolute atomic E-state index is 12.8. The molecule has 0 spiro atoms. The number of amides is 1. The van der Waals surface area contributed by atoms with Crippen molar-refractivity contribution in [3.05, 3.63) is 66.0 Å². The largest absolute Gasteiger partial charge is 0.325 e. The molecule has 0 aliphatic carbocycles. The maximum Gasteiger partial charge on any atom is 0.239 e. The van der Waals surface area contributed by atoms with Crippen molar-refractivity contribution in [2.45, 2.75) is 6.54 Å². The average molecular weight is 336 g/mol. The number of carbonyl (C=O) groups is 1. The van der Waals surface area contributed by atoms with E-state index in [0.717, 1.165) is 16.1 Å². The normalized spacial score (nSPS) is 11.4. The maximum atomic E-state index is 12.8. The third kappa shape index (κ3) is 5.46. The molecule has 0 aliphatic rings. The van der Waals surface area contributed by atoms with Crippen LogP contribution >= 0.6 is 0 Å². The molecule has 1 N–H and O–H groups in total. The summed E-state index contributed by atoms with van der Waals surface area (Å²) in [6.07, 6.45) is 1.06. The van der Waals surface area contributed by atoms with Crippen molar-refractivity contribution in [1.29, 1.82) is 0 Å². The van der Waals surface area contributed by atoms with Crippen LogP contribution < -0.4 is 5.32 Å². The molecular weight excluding hydrogens is 319 g/mol. The first kappa shape index (κ1) is 17.1. The molecule has 5 nitrogen and oxygen atoms in total. The number of halogens is 1. The van der Waals surface area contributed by atoms with Gasteiger partial charge in [-0.1, -0.05) is 30.3 Å². The molecule has 2 aromatic carbocycles. The lowest BCUT2D eigenvalue weighted by Crippen LogP contribution is -2.36. The van der Waals surface area contributed by atoms with Crippen molar-refractivity contribution >= 4 is 21.6 Å². The lowest BCUT2D eigenvalue weighted by Gasteiger charge is -2.19. The Morgan fingerprint density at radius 2 is 1.70 bits per heavy atom. The minimum absolute atomic E-state index is 0.108. The van der Waals surface area contributed by atoms with Crippen molar-refractivity contribution < 1.29 is 17.6 Å². The third-order valence-electron chi connectivity index (χ3n) is 3.12. The van der Waals surface area contributed by atoms with E-state index in [-0.39, 0.29) is 13.1 Å². The van der Waals surface area contributed by atoms with Crippen molar-refractivity contribution in [2.24, 2.45) is 0 Å². The highest BCUT2D eigenvalue weighted by Crippen LogP contribution is 2.11. The molecule has 23 heavy (non-hydrogen) atoms. The second-order valence-electron chi connectivity index (χ2n) is 5.07. The summed E-state index contributed by atoms with van der Waals surface area (Å²) in [5, 5.41) is 2.55. The minimum atomic E-state index is -3.54. The van der Waals surface area contributed by atoms with Gasteiger partial charge in [0, 0.05) is 12.2 Å². The molecule has 0 aliphatic heterocycles. The molecule has 0 fully saturated rings. The summed E-state index contributed by atoms with van der Waals surface area (Å²) in [7, 11) is -3.54. The van der Waals surface area contributed by atoms with E-state index in [2.05, 4.69) is 5.32 Å². The van der Waals surface area contributed by atoms with Crippen LogP contribution in [0.4, 0.5) is 10.1 Å². The number of benzene rings is 2. The van der Waals surface area contributed by atoms with E-state index < -0.39 is 21.7 Å². The number of nitrogens with one attached hydrogen (secondary N) is 1. The minimum Gasteiger partial charge on any atom is -0.325 e. The van der Waals surface area contributed by atoms with Gasteiger partial charge in [-0.3, -0.25) is 4.79 Å². The molecule has 1 amide bonds. The number of hydrogen-bond acceptors (Lipinski definition) is 3. The standard InChI is InChI=1S/C16H17FN2O3S/c1-23(21,22)19(11-13-5-3-2-4-6-13)12-16(20)18-15-9-7-14(17)8-10-15/h2-10H,11-12H2,1H3,(H,18,20). The van der Waals surface area contributed by atoms with Crippen LogP contribution in [-0.4, -0.2) is 31.4 Å². The fourth-order valence-corrected chi connectivity index (χ4v) is 2.71. The Morgan fingerprint density at radius 1 is 1.09 bits per heavy atom. The molecule has 0 atom stereocenters. The second kappa shape index (κ2) is 7.34. The fraction of sp³-hybridized carbons (Fsp3) is 0.188. The van der Waals surface area contributed by atoms with Crippen LogP contribution in [0.2, 0.25) is 0 Å². The summed E-state index contributed by atoms with van der Waals surface area (Å²) in [6, 6.07) is 14.3. The van der Waals surface area contributed by atoms with Crippen LogP contribution in [-0.2, 0) is 21.4 Å². The van der Waals surface area contributed by atoms with Gasteiger partial charge >= 0.3 is 0 Å². The van der Waals surface area contributed by atoms with Gasteiger partial charge in [0.05, 0.1) is 12.8 Å². The Kier molecular flexibility index (Phi) is 5.46. The van der Waals surface area contributed by atoms with Gasteiger partial charge in [-0.05, 0) is 29.8 Å². The van der Waals surface area contributed by atoms with Gasteiger partial charge in [-0.25, -0.2) is 12.8 Å². The highest BCUT2D eigenvalue weighted by Gasteiger charge is 2.20. The SMILES string of the molecule is CS(=O)(=O)N(CC(=O)Nc1ccc(F)cc1)Cc1ccccc1. The lowest BCUT2D eigenvalue weighted by atomic mass is 10.2. The second-order valence-corrected chi connectivity index (χ2v) is 7.05. The van der Waals surface area contributed by atoms with Gasteiger partial charge in [0.15, 0.2) is 0 Å². The smallest absolute Gasteiger partial charge is 0.239 e. The Labute approximate surface area is 134 Å². The number of anilines is 1. The Balaban J connectivity index is 2.05. The predicted octanol–water partition coefficient (Wildman–Crippen LogP) is 2.23. The first-order valence-electron chi connectivity index (χ1n) is 6.89. The van der Waals surface area contributed by atoms with Crippen molar-refractivity contribution in [3.63, 3.8) is 0 Å². The Bertz CT molecular complexity index is 762.